The minimum Gasteiger partial charge on any atom is -0.495 e. The van der Waals surface area contributed by atoms with Crippen molar-refractivity contribution >= 4 is 5.69 Å². The number of likely N-dealkylation sites (tertiary alicyclic amines) is 1. The maximum Gasteiger partial charge on any atom is 0.141 e. The molecule has 1 aliphatic rings. The van der Waals surface area contributed by atoms with E-state index in [1.54, 1.807) is 7.11 Å². The first kappa shape index (κ1) is 14.2. The molecule has 0 aromatic heterocycles. The lowest BCUT2D eigenvalue weighted by molar-refractivity contribution is 0.0125. The van der Waals surface area contributed by atoms with Gasteiger partial charge in [-0.05, 0) is 37.5 Å². The largest absolute Gasteiger partial charge is 0.495 e. The van der Waals surface area contributed by atoms with Crippen LogP contribution in [0.3, 0.4) is 0 Å². The second-order valence-corrected chi connectivity index (χ2v) is 5.01. The third kappa shape index (κ3) is 3.85. The van der Waals surface area contributed by atoms with Crippen LogP contribution >= 0.6 is 0 Å². The summed E-state index contributed by atoms with van der Waals surface area (Å²) in [6.45, 7) is 6.02. The number of methoxy groups -OCH3 is 1. The second-order valence-electron chi connectivity index (χ2n) is 5.01. The molecule has 4 heteroatoms. The van der Waals surface area contributed by atoms with Gasteiger partial charge in [0.05, 0.1) is 18.9 Å². The van der Waals surface area contributed by atoms with Crippen LogP contribution in [0.1, 0.15) is 25.3 Å². The molecule has 19 heavy (non-hydrogen) atoms. The molecule has 4 nitrogen and oxygen atoms in total. The third-order valence-electron chi connectivity index (χ3n) is 3.64. The van der Waals surface area contributed by atoms with E-state index in [1.807, 2.05) is 12.1 Å². The Hall–Kier alpha value is -1.26. The van der Waals surface area contributed by atoms with Gasteiger partial charge in [-0.3, -0.25) is 4.90 Å². The summed E-state index contributed by atoms with van der Waals surface area (Å²) in [5.74, 6) is 0.749. The van der Waals surface area contributed by atoms with Gasteiger partial charge in [-0.25, -0.2) is 0 Å². The van der Waals surface area contributed by atoms with Crippen molar-refractivity contribution < 1.29 is 9.47 Å². The fourth-order valence-corrected chi connectivity index (χ4v) is 2.61. The topological polar surface area (TPSA) is 47.7 Å². The smallest absolute Gasteiger partial charge is 0.141 e. The van der Waals surface area contributed by atoms with Crippen LogP contribution in [0, 0.1) is 0 Å². The van der Waals surface area contributed by atoms with E-state index in [0.29, 0.717) is 11.8 Å². The monoisotopic (exact) mass is 264 g/mol. The van der Waals surface area contributed by atoms with E-state index < -0.39 is 0 Å². The van der Waals surface area contributed by atoms with Crippen molar-refractivity contribution in [2.45, 2.75) is 32.4 Å². The Labute approximate surface area is 115 Å². The number of hydrogen-bond donors (Lipinski definition) is 1. The molecular formula is C15H24N2O2. The summed E-state index contributed by atoms with van der Waals surface area (Å²) in [4.78, 5) is 2.46. The van der Waals surface area contributed by atoms with Crippen molar-refractivity contribution in [3.8, 4) is 5.75 Å². The van der Waals surface area contributed by atoms with Gasteiger partial charge in [0.15, 0.2) is 0 Å². The van der Waals surface area contributed by atoms with Crippen molar-refractivity contribution in [3.63, 3.8) is 0 Å². The molecule has 1 aromatic carbocycles. The minimum atomic E-state index is 0.446. The summed E-state index contributed by atoms with van der Waals surface area (Å²) in [6.07, 6.45) is 2.70. The average molecular weight is 264 g/mol. The Balaban J connectivity index is 1.87. The fraction of sp³-hybridized carbons (Fsp3) is 0.600. The van der Waals surface area contributed by atoms with Gasteiger partial charge in [0.2, 0.25) is 0 Å². The van der Waals surface area contributed by atoms with Crippen molar-refractivity contribution in [2.24, 2.45) is 0 Å². The van der Waals surface area contributed by atoms with Crippen LogP contribution in [-0.4, -0.2) is 37.8 Å². The SMILES string of the molecule is CCOC1CCN(Cc2ccc(OC)c(N)c2)CC1. The van der Waals surface area contributed by atoms with Gasteiger partial charge in [0.1, 0.15) is 5.75 Å². The van der Waals surface area contributed by atoms with Gasteiger partial charge in [0, 0.05) is 26.2 Å². The molecule has 0 unspecified atom stereocenters. The lowest BCUT2D eigenvalue weighted by Crippen LogP contribution is -2.36. The zero-order valence-electron chi connectivity index (χ0n) is 11.9. The summed E-state index contributed by atoms with van der Waals surface area (Å²) < 4.78 is 10.8. The van der Waals surface area contributed by atoms with Crippen LogP contribution in [-0.2, 0) is 11.3 Å². The molecule has 1 heterocycles. The van der Waals surface area contributed by atoms with Gasteiger partial charge < -0.3 is 15.2 Å². The van der Waals surface area contributed by atoms with Crippen LogP contribution < -0.4 is 10.5 Å². The lowest BCUT2D eigenvalue weighted by atomic mass is 10.1. The predicted octanol–water partition coefficient (Wildman–Crippen LogP) is 2.28. The molecule has 0 bridgehead atoms. The molecule has 0 atom stereocenters. The molecular weight excluding hydrogens is 240 g/mol. The Morgan fingerprint density at radius 2 is 2.05 bits per heavy atom. The second kappa shape index (κ2) is 6.78. The Kier molecular flexibility index (Phi) is 5.05. The van der Waals surface area contributed by atoms with E-state index in [2.05, 4.69) is 17.9 Å². The number of piperidine rings is 1. The summed E-state index contributed by atoms with van der Waals surface area (Å²) in [7, 11) is 1.64. The first-order valence-corrected chi connectivity index (χ1v) is 6.99. The highest BCUT2D eigenvalue weighted by Gasteiger charge is 2.19. The number of nitrogens with zero attached hydrogens (tertiary/aromatic N) is 1. The molecule has 0 saturated carbocycles. The molecule has 1 aromatic rings. The molecule has 1 saturated heterocycles. The van der Waals surface area contributed by atoms with Gasteiger partial charge in [-0.2, -0.15) is 0 Å². The molecule has 2 N–H and O–H groups in total. The van der Waals surface area contributed by atoms with Crippen molar-refractivity contribution in [1.29, 1.82) is 0 Å². The van der Waals surface area contributed by atoms with E-state index in [1.165, 1.54) is 5.56 Å². The first-order valence-electron chi connectivity index (χ1n) is 6.99. The van der Waals surface area contributed by atoms with Crippen LogP contribution in [0.25, 0.3) is 0 Å². The number of benzene rings is 1. The first-order chi connectivity index (χ1) is 9.22. The lowest BCUT2D eigenvalue weighted by Gasteiger charge is -2.31. The maximum absolute atomic E-state index is 5.94. The van der Waals surface area contributed by atoms with Gasteiger partial charge in [-0.15, -0.1) is 0 Å². The normalized spacial score (nSPS) is 17.6. The summed E-state index contributed by atoms with van der Waals surface area (Å²) in [5.41, 5.74) is 7.89. The van der Waals surface area contributed by atoms with Gasteiger partial charge >= 0.3 is 0 Å². The molecule has 106 valence electrons. The van der Waals surface area contributed by atoms with Crippen LogP contribution in [0.15, 0.2) is 18.2 Å². The number of nitrogen functional groups attached to an aromatic ring is 1. The van der Waals surface area contributed by atoms with Crippen molar-refractivity contribution in [2.75, 3.05) is 32.5 Å². The molecule has 1 aliphatic heterocycles. The zero-order chi connectivity index (χ0) is 13.7. The Morgan fingerprint density at radius 3 is 2.63 bits per heavy atom. The van der Waals surface area contributed by atoms with Crippen LogP contribution in [0.5, 0.6) is 5.75 Å². The number of nitrogens with two attached hydrogens (primary N) is 1. The quantitative estimate of drug-likeness (QED) is 0.829. The fourth-order valence-electron chi connectivity index (χ4n) is 2.61. The van der Waals surface area contributed by atoms with E-state index in [0.717, 1.165) is 44.8 Å². The minimum absolute atomic E-state index is 0.446. The van der Waals surface area contributed by atoms with E-state index in [9.17, 15) is 0 Å². The highest BCUT2D eigenvalue weighted by Crippen LogP contribution is 2.23. The van der Waals surface area contributed by atoms with Gasteiger partial charge in [0.25, 0.3) is 0 Å². The Morgan fingerprint density at radius 1 is 1.32 bits per heavy atom. The molecule has 0 spiro atoms. The molecule has 0 radical (unpaired) electrons. The zero-order valence-corrected chi connectivity index (χ0v) is 11.9. The Bertz CT molecular complexity index is 401. The number of anilines is 1. The summed E-state index contributed by atoms with van der Waals surface area (Å²) in [6, 6.07) is 6.04. The average Bonchev–Trinajstić information content (AvgIpc) is 2.42. The standard InChI is InChI=1S/C15H24N2O2/c1-3-19-13-6-8-17(9-7-13)11-12-4-5-15(18-2)14(16)10-12/h4-5,10,13H,3,6-9,11,16H2,1-2H3. The number of rotatable bonds is 5. The summed E-state index contributed by atoms with van der Waals surface area (Å²) in [5, 5.41) is 0. The highest BCUT2D eigenvalue weighted by molar-refractivity contribution is 5.54. The molecule has 1 fully saturated rings. The van der Waals surface area contributed by atoms with Crippen LogP contribution in [0.4, 0.5) is 5.69 Å². The highest BCUT2D eigenvalue weighted by atomic mass is 16.5. The van der Waals surface area contributed by atoms with E-state index in [4.69, 9.17) is 15.2 Å². The molecule has 2 rings (SSSR count). The number of ether oxygens (including phenoxy) is 2. The molecule has 0 aliphatic carbocycles. The van der Waals surface area contributed by atoms with Crippen molar-refractivity contribution in [3.05, 3.63) is 23.8 Å². The number of hydrogen-bond acceptors (Lipinski definition) is 4. The van der Waals surface area contributed by atoms with E-state index in [-0.39, 0.29) is 0 Å². The van der Waals surface area contributed by atoms with Crippen molar-refractivity contribution in [1.82, 2.24) is 4.90 Å². The molecule has 0 amide bonds. The predicted molar refractivity (Wildman–Crippen MR) is 77.3 cm³/mol. The third-order valence-corrected chi connectivity index (χ3v) is 3.64. The van der Waals surface area contributed by atoms with Gasteiger partial charge in [-0.1, -0.05) is 6.07 Å². The van der Waals surface area contributed by atoms with E-state index >= 15 is 0 Å². The maximum atomic E-state index is 5.94. The summed E-state index contributed by atoms with van der Waals surface area (Å²) >= 11 is 0. The van der Waals surface area contributed by atoms with Crippen LogP contribution in [0.2, 0.25) is 0 Å².